The number of rotatable bonds is 6. The number of aromatic nitrogens is 4. The van der Waals surface area contributed by atoms with Crippen molar-refractivity contribution in [3.63, 3.8) is 0 Å². The largest absolute Gasteiger partial charge is 0.495 e. The number of aliphatic hydroxyl groups excluding tert-OH is 1. The molecule has 3 N–H and O–H groups in total. The first-order valence-corrected chi connectivity index (χ1v) is 10.7. The van der Waals surface area contributed by atoms with Crippen molar-refractivity contribution in [1.29, 1.82) is 0 Å². The number of anilines is 1. The Morgan fingerprint density at radius 3 is 2.88 bits per heavy atom. The molecule has 1 aromatic carbocycles. The van der Waals surface area contributed by atoms with Crippen LogP contribution in [0.2, 0.25) is 0 Å². The van der Waals surface area contributed by atoms with Gasteiger partial charge >= 0.3 is 0 Å². The van der Waals surface area contributed by atoms with Crippen LogP contribution in [0.4, 0.5) is 5.69 Å². The Morgan fingerprint density at radius 2 is 2.09 bits per heavy atom. The number of aliphatic hydroxyl groups is 1. The minimum Gasteiger partial charge on any atom is -0.495 e. The Kier molecular flexibility index (Phi) is 5.50. The van der Waals surface area contributed by atoms with Gasteiger partial charge < -0.3 is 24.9 Å². The summed E-state index contributed by atoms with van der Waals surface area (Å²) in [5, 5.41) is 22.9. The van der Waals surface area contributed by atoms with Crippen molar-refractivity contribution in [2.75, 3.05) is 25.5 Å². The van der Waals surface area contributed by atoms with Crippen LogP contribution in [0.3, 0.4) is 0 Å². The molecule has 4 aromatic rings. The fraction of sp³-hybridized carbons (Fsp3) is 0.348. The Morgan fingerprint density at radius 1 is 1.25 bits per heavy atom. The van der Waals surface area contributed by atoms with E-state index in [0.717, 1.165) is 48.1 Å². The summed E-state index contributed by atoms with van der Waals surface area (Å²) in [7, 11) is 1.60. The molecule has 4 heterocycles. The summed E-state index contributed by atoms with van der Waals surface area (Å²) in [6.07, 6.45) is 6.29. The second kappa shape index (κ2) is 8.60. The van der Waals surface area contributed by atoms with Crippen LogP contribution < -0.4 is 15.4 Å². The minimum atomic E-state index is -1.09. The maximum absolute atomic E-state index is 10.7. The summed E-state index contributed by atoms with van der Waals surface area (Å²) in [4.78, 5) is 8.48. The maximum Gasteiger partial charge on any atom is 0.226 e. The molecule has 5 rings (SSSR count). The molecular weight excluding hydrogens is 408 g/mol. The first-order valence-electron chi connectivity index (χ1n) is 10.7. The molecule has 32 heavy (non-hydrogen) atoms. The van der Waals surface area contributed by atoms with Crippen LogP contribution in [-0.4, -0.2) is 45.1 Å². The van der Waals surface area contributed by atoms with Gasteiger partial charge in [0.2, 0.25) is 5.89 Å². The highest BCUT2D eigenvalue weighted by Crippen LogP contribution is 2.33. The molecule has 0 bridgehead atoms. The fourth-order valence-electron chi connectivity index (χ4n) is 4.06. The standard InChI is InChI=1S/C23H26N6O3/c1-14-9-15(3-8-25-14)23-26-12-21(32-23)22(30)27-19-10-16-13-29(17-4-6-24-7-5-17)28-18(16)11-20(19)31-2/h3,8-13,17,22,24,27,30H,4-7H2,1-2H3. The molecule has 3 aromatic heterocycles. The van der Waals surface area contributed by atoms with Crippen molar-refractivity contribution in [3.05, 3.63) is 54.3 Å². The van der Waals surface area contributed by atoms with Gasteiger partial charge in [0.25, 0.3) is 0 Å². The molecule has 0 aliphatic carbocycles. The normalized spacial score (nSPS) is 15.7. The highest BCUT2D eigenvalue weighted by molar-refractivity contribution is 5.85. The van der Waals surface area contributed by atoms with Gasteiger partial charge in [0.05, 0.1) is 30.6 Å². The molecule has 0 spiro atoms. The predicted octanol–water partition coefficient (Wildman–Crippen LogP) is 3.43. The van der Waals surface area contributed by atoms with Crippen molar-refractivity contribution >= 4 is 16.6 Å². The summed E-state index contributed by atoms with van der Waals surface area (Å²) >= 11 is 0. The van der Waals surface area contributed by atoms with Crippen molar-refractivity contribution in [3.8, 4) is 17.2 Å². The van der Waals surface area contributed by atoms with Gasteiger partial charge in [-0.05, 0) is 51.1 Å². The van der Waals surface area contributed by atoms with Crippen LogP contribution in [0, 0.1) is 6.92 Å². The molecule has 1 atom stereocenters. The molecule has 0 radical (unpaired) electrons. The van der Waals surface area contributed by atoms with Gasteiger partial charge in [-0.25, -0.2) is 4.98 Å². The maximum atomic E-state index is 10.7. The number of hydrogen-bond acceptors (Lipinski definition) is 8. The summed E-state index contributed by atoms with van der Waals surface area (Å²) in [6, 6.07) is 7.91. The average Bonchev–Trinajstić information content (AvgIpc) is 3.46. The van der Waals surface area contributed by atoms with E-state index in [2.05, 4.69) is 26.8 Å². The Hall–Kier alpha value is -3.43. The molecule has 1 aliphatic heterocycles. The third-order valence-electron chi connectivity index (χ3n) is 5.76. The van der Waals surface area contributed by atoms with E-state index in [1.165, 1.54) is 6.20 Å². The van der Waals surface area contributed by atoms with E-state index >= 15 is 0 Å². The van der Waals surface area contributed by atoms with Crippen LogP contribution in [0.5, 0.6) is 5.75 Å². The molecule has 1 fully saturated rings. The van der Waals surface area contributed by atoms with E-state index in [0.29, 0.717) is 29.1 Å². The van der Waals surface area contributed by atoms with Gasteiger partial charge in [0.15, 0.2) is 12.0 Å². The van der Waals surface area contributed by atoms with Gasteiger partial charge in [-0.2, -0.15) is 5.10 Å². The molecule has 9 heteroatoms. The first-order chi connectivity index (χ1) is 15.6. The van der Waals surface area contributed by atoms with E-state index in [-0.39, 0.29) is 0 Å². The molecule has 1 unspecified atom stereocenters. The highest BCUT2D eigenvalue weighted by atomic mass is 16.5. The van der Waals surface area contributed by atoms with Crippen molar-refractivity contribution in [2.45, 2.75) is 32.0 Å². The lowest BCUT2D eigenvalue weighted by Crippen LogP contribution is -2.29. The summed E-state index contributed by atoms with van der Waals surface area (Å²) in [6.45, 7) is 3.91. The summed E-state index contributed by atoms with van der Waals surface area (Å²) in [5.74, 6) is 1.33. The van der Waals surface area contributed by atoms with Crippen LogP contribution in [0.1, 0.15) is 36.6 Å². The van der Waals surface area contributed by atoms with Crippen LogP contribution in [0.15, 0.2) is 47.3 Å². The molecule has 166 valence electrons. The number of ether oxygens (including phenoxy) is 1. The molecule has 1 saturated heterocycles. The number of piperidine rings is 1. The smallest absolute Gasteiger partial charge is 0.226 e. The Bertz CT molecular complexity index is 1230. The third kappa shape index (κ3) is 4.04. The van der Waals surface area contributed by atoms with E-state index in [4.69, 9.17) is 14.3 Å². The molecule has 0 amide bonds. The lowest BCUT2D eigenvalue weighted by molar-refractivity contribution is 0.178. The monoisotopic (exact) mass is 434 g/mol. The molecule has 0 saturated carbocycles. The lowest BCUT2D eigenvalue weighted by Gasteiger charge is -2.22. The summed E-state index contributed by atoms with van der Waals surface area (Å²) in [5.41, 5.74) is 3.18. The van der Waals surface area contributed by atoms with Gasteiger partial charge in [-0.15, -0.1) is 0 Å². The van der Waals surface area contributed by atoms with Crippen molar-refractivity contribution in [2.24, 2.45) is 0 Å². The second-order valence-electron chi connectivity index (χ2n) is 8.00. The minimum absolute atomic E-state index is 0.307. The molecule has 9 nitrogen and oxygen atoms in total. The lowest BCUT2D eigenvalue weighted by atomic mass is 10.1. The number of hydrogen-bond donors (Lipinski definition) is 3. The van der Waals surface area contributed by atoms with E-state index in [1.54, 1.807) is 13.3 Å². The second-order valence-corrected chi connectivity index (χ2v) is 8.00. The topological polar surface area (TPSA) is 110 Å². The number of methoxy groups -OCH3 is 1. The number of benzene rings is 1. The molecular formula is C23H26N6O3. The van der Waals surface area contributed by atoms with Crippen molar-refractivity contribution in [1.82, 2.24) is 25.1 Å². The Labute approximate surface area is 185 Å². The van der Waals surface area contributed by atoms with E-state index in [1.807, 2.05) is 35.9 Å². The van der Waals surface area contributed by atoms with Crippen molar-refractivity contribution < 1.29 is 14.3 Å². The number of nitrogens with one attached hydrogen (secondary N) is 2. The SMILES string of the molecule is COc1cc2nn(C3CCNCC3)cc2cc1NC(O)c1cnc(-c2ccnc(C)c2)o1. The van der Waals surface area contributed by atoms with Gasteiger partial charge in [-0.1, -0.05) is 0 Å². The fourth-order valence-corrected chi connectivity index (χ4v) is 4.06. The Balaban J connectivity index is 1.39. The van der Waals surface area contributed by atoms with Crippen LogP contribution >= 0.6 is 0 Å². The zero-order valence-electron chi connectivity index (χ0n) is 18.1. The van der Waals surface area contributed by atoms with E-state index < -0.39 is 6.23 Å². The zero-order chi connectivity index (χ0) is 22.1. The number of nitrogens with zero attached hydrogens (tertiary/aromatic N) is 4. The quantitative estimate of drug-likeness (QED) is 0.396. The molecule has 1 aliphatic rings. The van der Waals surface area contributed by atoms with Gasteiger partial charge in [0.1, 0.15) is 5.75 Å². The number of oxazole rings is 1. The van der Waals surface area contributed by atoms with Gasteiger partial charge in [0, 0.05) is 35.1 Å². The zero-order valence-corrected chi connectivity index (χ0v) is 18.1. The third-order valence-corrected chi connectivity index (χ3v) is 5.76. The highest BCUT2D eigenvalue weighted by Gasteiger charge is 2.20. The first kappa shape index (κ1) is 20.5. The average molecular weight is 435 g/mol. The number of fused-ring (bicyclic) bond motifs is 1. The predicted molar refractivity (Wildman–Crippen MR) is 120 cm³/mol. The number of pyridine rings is 1. The van der Waals surface area contributed by atoms with Gasteiger partial charge in [-0.3, -0.25) is 9.67 Å². The van der Waals surface area contributed by atoms with Crippen LogP contribution in [0.25, 0.3) is 22.4 Å². The number of aryl methyl sites for hydroxylation is 1. The van der Waals surface area contributed by atoms with E-state index in [9.17, 15) is 5.11 Å². The summed E-state index contributed by atoms with van der Waals surface area (Å²) < 4.78 is 13.4. The van der Waals surface area contributed by atoms with Crippen LogP contribution in [-0.2, 0) is 0 Å².